The number of nitrogens with one attached hydrogen (secondary N) is 1. The molecule has 90 valence electrons. The fourth-order valence-corrected chi connectivity index (χ4v) is 1.17. The summed E-state index contributed by atoms with van der Waals surface area (Å²) in [6.07, 6.45) is 0.655. The van der Waals surface area contributed by atoms with Gasteiger partial charge in [-0.2, -0.15) is 5.10 Å². The first kappa shape index (κ1) is 12.5. The number of hydrogen-bond acceptors (Lipinski definition) is 5. The first-order valence-electron chi connectivity index (χ1n) is 5.01. The monoisotopic (exact) mass is 228 g/mol. The summed E-state index contributed by atoms with van der Waals surface area (Å²) in [5.74, 6) is -0.261. The second kappa shape index (κ2) is 5.47. The van der Waals surface area contributed by atoms with Crippen LogP contribution in [0.1, 0.15) is 13.3 Å². The summed E-state index contributed by atoms with van der Waals surface area (Å²) in [6.45, 7) is 1.87. The Hall–Kier alpha value is -1.60. The van der Waals surface area contributed by atoms with Crippen LogP contribution in [0, 0.1) is 0 Å². The molecule has 0 aliphatic carbocycles. The van der Waals surface area contributed by atoms with Crippen LogP contribution in [-0.4, -0.2) is 38.6 Å². The van der Waals surface area contributed by atoms with Crippen molar-refractivity contribution in [2.45, 2.75) is 26.0 Å². The molecule has 1 aromatic rings. The van der Waals surface area contributed by atoms with Crippen molar-refractivity contribution in [3.8, 4) is 0 Å². The largest absolute Gasteiger partial charge is 0.394 e. The zero-order valence-electron chi connectivity index (χ0n) is 9.05. The van der Waals surface area contributed by atoms with Gasteiger partial charge in [0.25, 0.3) is 5.91 Å². The van der Waals surface area contributed by atoms with E-state index >= 15 is 0 Å². The lowest BCUT2D eigenvalue weighted by Crippen LogP contribution is -2.27. The molecule has 1 heterocycles. The summed E-state index contributed by atoms with van der Waals surface area (Å²) in [5, 5.41) is 24.3. The number of aromatic nitrogens is 2. The van der Waals surface area contributed by atoms with Crippen LogP contribution in [0.5, 0.6) is 0 Å². The molecule has 1 rings (SSSR count). The molecule has 1 amide bonds. The molecule has 0 fully saturated rings. The Morgan fingerprint density at radius 3 is 3.00 bits per heavy atom. The molecule has 0 aliphatic heterocycles. The number of aliphatic hydroxyl groups excluding tert-OH is 2. The number of nitrogen functional groups attached to an aromatic ring is 1. The molecule has 7 heteroatoms. The Labute approximate surface area is 92.9 Å². The van der Waals surface area contributed by atoms with E-state index in [0.717, 1.165) is 0 Å². The van der Waals surface area contributed by atoms with Gasteiger partial charge in [0.15, 0.2) is 0 Å². The molecule has 0 saturated carbocycles. The predicted molar refractivity (Wildman–Crippen MR) is 58.7 cm³/mol. The lowest BCUT2D eigenvalue weighted by molar-refractivity contribution is -0.124. The highest BCUT2D eigenvalue weighted by molar-refractivity contribution is 5.95. The number of aliphatic hydroxyl groups is 2. The first-order valence-corrected chi connectivity index (χ1v) is 5.01. The molecule has 0 unspecified atom stereocenters. The Kier molecular flexibility index (Phi) is 4.27. The topological polar surface area (TPSA) is 113 Å². The minimum atomic E-state index is -1.06. The normalized spacial score (nSPS) is 12.4. The number of anilines is 2. The Morgan fingerprint density at radius 2 is 2.44 bits per heavy atom. The lowest BCUT2D eigenvalue weighted by Gasteiger charge is -2.08. The molecule has 7 nitrogen and oxygen atoms in total. The summed E-state index contributed by atoms with van der Waals surface area (Å²) in [7, 11) is 0. The fourth-order valence-electron chi connectivity index (χ4n) is 1.17. The van der Waals surface area contributed by atoms with E-state index in [2.05, 4.69) is 10.4 Å². The summed E-state index contributed by atoms with van der Waals surface area (Å²) in [6, 6.07) is 0. The van der Waals surface area contributed by atoms with Crippen molar-refractivity contribution in [1.82, 2.24) is 9.78 Å². The molecule has 0 bridgehead atoms. The van der Waals surface area contributed by atoms with Crippen LogP contribution in [0.15, 0.2) is 6.20 Å². The van der Waals surface area contributed by atoms with Gasteiger partial charge < -0.3 is 21.3 Å². The van der Waals surface area contributed by atoms with Crippen LogP contribution in [0.3, 0.4) is 0 Å². The van der Waals surface area contributed by atoms with Crippen LogP contribution in [0.25, 0.3) is 0 Å². The third-order valence-corrected chi connectivity index (χ3v) is 2.14. The molecule has 0 radical (unpaired) electrons. The highest BCUT2D eigenvalue weighted by atomic mass is 16.3. The Bertz CT molecular complexity index is 364. The van der Waals surface area contributed by atoms with E-state index in [1.807, 2.05) is 0 Å². The molecule has 1 aromatic heterocycles. The second-order valence-electron chi connectivity index (χ2n) is 3.30. The van der Waals surface area contributed by atoms with Crippen molar-refractivity contribution < 1.29 is 15.0 Å². The van der Waals surface area contributed by atoms with Gasteiger partial charge in [0.1, 0.15) is 17.6 Å². The molecule has 0 aliphatic rings. The maximum atomic E-state index is 11.4. The van der Waals surface area contributed by atoms with E-state index < -0.39 is 12.0 Å². The number of nitrogens with two attached hydrogens (primary N) is 1. The standard InChI is InChI=1S/C9H16N4O3/c1-2-7(15)9(16)12-6-5-11-13(3-4-14)8(6)10/h5,7,14-15H,2-4,10H2,1H3,(H,12,16)/t7-/m0/s1. The SMILES string of the molecule is CC[C@H](O)C(=O)Nc1cnn(CCO)c1N. The van der Waals surface area contributed by atoms with Gasteiger partial charge in [0.05, 0.1) is 19.3 Å². The van der Waals surface area contributed by atoms with Gasteiger partial charge in [-0.05, 0) is 6.42 Å². The molecular formula is C9H16N4O3. The van der Waals surface area contributed by atoms with Gasteiger partial charge in [-0.1, -0.05) is 6.92 Å². The van der Waals surface area contributed by atoms with E-state index in [-0.39, 0.29) is 19.0 Å². The van der Waals surface area contributed by atoms with E-state index in [0.29, 0.717) is 12.1 Å². The summed E-state index contributed by atoms with van der Waals surface area (Å²) in [4.78, 5) is 11.4. The van der Waals surface area contributed by atoms with Gasteiger partial charge >= 0.3 is 0 Å². The van der Waals surface area contributed by atoms with Crippen molar-refractivity contribution in [3.63, 3.8) is 0 Å². The van der Waals surface area contributed by atoms with Crippen molar-refractivity contribution >= 4 is 17.4 Å². The average molecular weight is 228 g/mol. The van der Waals surface area contributed by atoms with Crippen molar-refractivity contribution in [2.75, 3.05) is 17.7 Å². The Balaban J connectivity index is 2.71. The fraction of sp³-hybridized carbons (Fsp3) is 0.556. The molecule has 0 saturated heterocycles. The minimum Gasteiger partial charge on any atom is -0.394 e. The molecule has 5 N–H and O–H groups in total. The molecular weight excluding hydrogens is 212 g/mol. The van der Waals surface area contributed by atoms with Gasteiger partial charge in [0.2, 0.25) is 0 Å². The highest BCUT2D eigenvalue weighted by Gasteiger charge is 2.15. The number of carbonyl (C=O) groups excluding carboxylic acids is 1. The quantitative estimate of drug-likeness (QED) is 0.525. The van der Waals surface area contributed by atoms with E-state index in [9.17, 15) is 9.90 Å². The maximum Gasteiger partial charge on any atom is 0.253 e. The zero-order valence-corrected chi connectivity index (χ0v) is 9.05. The first-order chi connectivity index (χ1) is 7.60. The van der Waals surface area contributed by atoms with Gasteiger partial charge in [0, 0.05) is 0 Å². The lowest BCUT2D eigenvalue weighted by atomic mass is 10.2. The third kappa shape index (κ3) is 2.71. The van der Waals surface area contributed by atoms with Crippen LogP contribution in [0.2, 0.25) is 0 Å². The van der Waals surface area contributed by atoms with E-state index in [1.54, 1.807) is 6.92 Å². The van der Waals surface area contributed by atoms with Gasteiger partial charge in [-0.3, -0.25) is 4.79 Å². The third-order valence-electron chi connectivity index (χ3n) is 2.14. The van der Waals surface area contributed by atoms with E-state index in [4.69, 9.17) is 10.8 Å². The molecule has 16 heavy (non-hydrogen) atoms. The minimum absolute atomic E-state index is 0.0865. The summed E-state index contributed by atoms with van der Waals surface area (Å²) >= 11 is 0. The second-order valence-corrected chi connectivity index (χ2v) is 3.30. The average Bonchev–Trinajstić information content (AvgIpc) is 2.61. The van der Waals surface area contributed by atoms with Crippen LogP contribution < -0.4 is 11.1 Å². The maximum absolute atomic E-state index is 11.4. The number of hydrogen-bond donors (Lipinski definition) is 4. The van der Waals surface area contributed by atoms with Crippen molar-refractivity contribution in [3.05, 3.63) is 6.20 Å². The molecule has 1 atom stereocenters. The number of rotatable bonds is 5. The van der Waals surface area contributed by atoms with Gasteiger partial charge in [-0.15, -0.1) is 0 Å². The summed E-state index contributed by atoms with van der Waals surface area (Å²) in [5.41, 5.74) is 6.01. The van der Waals surface area contributed by atoms with E-state index in [1.165, 1.54) is 10.9 Å². The highest BCUT2D eigenvalue weighted by Crippen LogP contribution is 2.17. The molecule has 0 spiro atoms. The van der Waals surface area contributed by atoms with Crippen LogP contribution >= 0.6 is 0 Å². The number of nitrogens with zero attached hydrogens (tertiary/aromatic N) is 2. The smallest absolute Gasteiger partial charge is 0.253 e. The van der Waals surface area contributed by atoms with Crippen molar-refractivity contribution in [1.29, 1.82) is 0 Å². The number of carbonyl (C=O) groups is 1. The Morgan fingerprint density at radius 1 is 1.75 bits per heavy atom. The van der Waals surface area contributed by atoms with Gasteiger partial charge in [-0.25, -0.2) is 4.68 Å². The predicted octanol–water partition coefficient (Wildman–Crippen LogP) is -0.833. The van der Waals surface area contributed by atoms with Crippen molar-refractivity contribution in [2.24, 2.45) is 0 Å². The molecule has 0 aromatic carbocycles. The zero-order chi connectivity index (χ0) is 12.1. The number of amides is 1. The summed E-state index contributed by atoms with van der Waals surface area (Å²) < 4.78 is 1.37. The van der Waals surface area contributed by atoms with Crippen LogP contribution in [0.4, 0.5) is 11.5 Å². The van der Waals surface area contributed by atoms with Crippen LogP contribution in [-0.2, 0) is 11.3 Å².